The van der Waals surface area contributed by atoms with Gasteiger partial charge in [-0.15, -0.1) is 0 Å². The molecule has 1 rings (SSSR count). The first-order chi connectivity index (χ1) is 8.79. The van der Waals surface area contributed by atoms with Crippen LogP contribution in [0.1, 0.15) is 11.6 Å². The normalized spacial score (nSPS) is 12.6. The molecule has 0 radical (unpaired) electrons. The molecule has 3 N–H and O–H groups in total. The summed E-state index contributed by atoms with van der Waals surface area (Å²) < 4.78 is 35.6. The SMILES string of the molecule is O=C(NCC(F)(F)F)NC(C(=O)O)c1ccccc1. The Morgan fingerprint density at radius 2 is 1.79 bits per heavy atom. The lowest BCUT2D eigenvalue weighted by Crippen LogP contribution is -2.44. The molecule has 0 bridgehead atoms. The van der Waals surface area contributed by atoms with Gasteiger partial charge < -0.3 is 15.7 Å². The molecular formula is C11H11F3N2O3. The van der Waals surface area contributed by atoms with Crippen LogP contribution in [-0.2, 0) is 4.79 Å². The van der Waals surface area contributed by atoms with E-state index in [1.54, 1.807) is 18.2 Å². The van der Waals surface area contributed by atoms with E-state index in [0.717, 1.165) is 0 Å². The van der Waals surface area contributed by atoms with Crippen molar-refractivity contribution < 1.29 is 27.9 Å². The van der Waals surface area contributed by atoms with Crippen molar-refractivity contribution in [3.8, 4) is 0 Å². The molecule has 0 aliphatic rings. The van der Waals surface area contributed by atoms with E-state index in [9.17, 15) is 22.8 Å². The van der Waals surface area contributed by atoms with Crippen LogP contribution < -0.4 is 10.6 Å². The molecule has 0 aliphatic carbocycles. The maximum absolute atomic E-state index is 11.9. The lowest BCUT2D eigenvalue weighted by Gasteiger charge is -2.16. The van der Waals surface area contributed by atoms with Gasteiger partial charge in [0.05, 0.1) is 0 Å². The van der Waals surface area contributed by atoms with Gasteiger partial charge in [0.15, 0.2) is 6.04 Å². The van der Waals surface area contributed by atoms with Crippen LogP contribution >= 0.6 is 0 Å². The lowest BCUT2D eigenvalue weighted by molar-refractivity contribution is -0.139. The topological polar surface area (TPSA) is 78.4 Å². The third-order valence-electron chi connectivity index (χ3n) is 2.10. The molecule has 0 aliphatic heterocycles. The lowest BCUT2D eigenvalue weighted by atomic mass is 10.1. The number of urea groups is 1. The zero-order valence-electron chi connectivity index (χ0n) is 9.57. The molecule has 5 nitrogen and oxygen atoms in total. The number of alkyl halides is 3. The second-order valence-corrected chi connectivity index (χ2v) is 3.62. The van der Waals surface area contributed by atoms with E-state index in [4.69, 9.17) is 5.11 Å². The zero-order valence-corrected chi connectivity index (χ0v) is 9.57. The number of rotatable bonds is 4. The summed E-state index contributed by atoms with van der Waals surface area (Å²) in [5, 5.41) is 12.4. The number of amides is 2. The van der Waals surface area contributed by atoms with Crippen molar-refractivity contribution in [1.82, 2.24) is 10.6 Å². The Hall–Kier alpha value is -2.25. The number of nitrogens with one attached hydrogen (secondary N) is 2. The van der Waals surface area contributed by atoms with E-state index in [1.807, 2.05) is 5.32 Å². The molecule has 0 saturated carbocycles. The Kier molecular flexibility index (Phi) is 4.74. The first kappa shape index (κ1) is 14.8. The maximum Gasteiger partial charge on any atom is 0.405 e. The summed E-state index contributed by atoms with van der Waals surface area (Å²) in [6.45, 7) is -1.53. The van der Waals surface area contributed by atoms with E-state index < -0.39 is 30.8 Å². The number of hydrogen-bond donors (Lipinski definition) is 3. The number of carbonyl (C=O) groups excluding carboxylic acids is 1. The minimum atomic E-state index is -4.55. The molecule has 8 heteroatoms. The van der Waals surface area contributed by atoms with Crippen molar-refractivity contribution in [3.63, 3.8) is 0 Å². The number of aliphatic carboxylic acids is 1. The molecule has 1 aromatic rings. The Bertz CT molecular complexity index is 448. The third-order valence-corrected chi connectivity index (χ3v) is 2.10. The van der Waals surface area contributed by atoms with Crippen molar-refractivity contribution in [2.75, 3.05) is 6.54 Å². The van der Waals surface area contributed by atoms with Gasteiger partial charge in [0.25, 0.3) is 0 Å². The minimum absolute atomic E-state index is 0.261. The van der Waals surface area contributed by atoms with Crippen molar-refractivity contribution in [3.05, 3.63) is 35.9 Å². The highest BCUT2D eigenvalue weighted by Crippen LogP contribution is 2.14. The van der Waals surface area contributed by atoms with Crippen molar-refractivity contribution >= 4 is 12.0 Å². The van der Waals surface area contributed by atoms with E-state index in [1.165, 1.54) is 17.4 Å². The fourth-order valence-corrected chi connectivity index (χ4v) is 1.30. The van der Waals surface area contributed by atoms with Crippen LogP contribution in [0.4, 0.5) is 18.0 Å². The largest absolute Gasteiger partial charge is 0.479 e. The Balaban J connectivity index is 2.65. The molecule has 1 atom stereocenters. The van der Waals surface area contributed by atoms with Gasteiger partial charge in [-0.2, -0.15) is 13.2 Å². The Morgan fingerprint density at radius 3 is 2.26 bits per heavy atom. The van der Waals surface area contributed by atoms with Crippen LogP contribution in [0, 0.1) is 0 Å². The maximum atomic E-state index is 11.9. The highest BCUT2D eigenvalue weighted by Gasteiger charge is 2.29. The number of halogens is 3. The second-order valence-electron chi connectivity index (χ2n) is 3.62. The van der Waals surface area contributed by atoms with Gasteiger partial charge in [0.2, 0.25) is 0 Å². The summed E-state index contributed by atoms with van der Waals surface area (Å²) in [7, 11) is 0. The van der Waals surface area contributed by atoms with Gasteiger partial charge in [-0.05, 0) is 5.56 Å². The average Bonchev–Trinajstić information content (AvgIpc) is 2.33. The summed E-state index contributed by atoms with van der Waals surface area (Å²) in [6, 6.07) is 5.04. The highest BCUT2D eigenvalue weighted by atomic mass is 19.4. The summed E-state index contributed by atoms with van der Waals surface area (Å²) in [6.07, 6.45) is -4.55. The van der Waals surface area contributed by atoms with Gasteiger partial charge in [-0.25, -0.2) is 9.59 Å². The van der Waals surface area contributed by atoms with Gasteiger partial charge >= 0.3 is 18.2 Å². The van der Waals surface area contributed by atoms with Gasteiger partial charge in [0.1, 0.15) is 6.54 Å². The number of carboxylic acid groups (broad SMARTS) is 1. The molecule has 1 aromatic carbocycles. The molecule has 104 valence electrons. The number of benzene rings is 1. The second kappa shape index (κ2) is 6.07. The molecule has 0 fully saturated rings. The predicted octanol–water partition coefficient (Wildman–Crippen LogP) is 1.67. The van der Waals surface area contributed by atoms with Crippen LogP contribution in [0.15, 0.2) is 30.3 Å². The van der Waals surface area contributed by atoms with Crippen LogP contribution in [0.2, 0.25) is 0 Å². The summed E-state index contributed by atoms with van der Waals surface area (Å²) >= 11 is 0. The Labute approximate surface area is 106 Å². The molecule has 19 heavy (non-hydrogen) atoms. The van der Waals surface area contributed by atoms with Crippen LogP contribution in [-0.4, -0.2) is 29.8 Å². The number of hydrogen-bond acceptors (Lipinski definition) is 2. The first-order valence-corrected chi connectivity index (χ1v) is 5.18. The molecule has 0 saturated heterocycles. The van der Waals surface area contributed by atoms with Crippen molar-refractivity contribution in [1.29, 1.82) is 0 Å². The van der Waals surface area contributed by atoms with Gasteiger partial charge in [0, 0.05) is 0 Å². The molecule has 2 amide bonds. The highest BCUT2D eigenvalue weighted by molar-refractivity contribution is 5.83. The minimum Gasteiger partial charge on any atom is -0.479 e. The smallest absolute Gasteiger partial charge is 0.405 e. The molecule has 0 aromatic heterocycles. The van der Waals surface area contributed by atoms with Crippen molar-refractivity contribution in [2.24, 2.45) is 0 Å². The predicted molar refractivity (Wildman–Crippen MR) is 59.4 cm³/mol. The summed E-state index contributed by atoms with van der Waals surface area (Å²) in [4.78, 5) is 22.2. The number of carbonyl (C=O) groups is 2. The first-order valence-electron chi connectivity index (χ1n) is 5.18. The molecule has 1 unspecified atom stereocenters. The van der Waals surface area contributed by atoms with Gasteiger partial charge in [-0.3, -0.25) is 0 Å². The monoisotopic (exact) mass is 276 g/mol. The van der Waals surface area contributed by atoms with Crippen LogP contribution in [0.5, 0.6) is 0 Å². The molecule has 0 heterocycles. The standard InChI is InChI=1S/C11H11F3N2O3/c12-11(13,14)6-15-10(19)16-8(9(17)18)7-4-2-1-3-5-7/h1-5,8H,6H2,(H,17,18)(H2,15,16,19). The molecule has 0 spiro atoms. The van der Waals surface area contributed by atoms with E-state index in [2.05, 4.69) is 0 Å². The quantitative estimate of drug-likeness (QED) is 0.782. The van der Waals surface area contributed by atoms with E-state index in [0.29, 0.717) is 0 Å². The fourth-order valence-electron chi connectivity index (χ4n) is 1.30. The van der Waals surface area contributed by atoms with Crippen LogP contribution in [0.25, 0.3) is 0 Å². The van der Waals surface area contributed by atoms with Crippen LogP contribution in [0.3, 0.4) is 0 Å². The Morgan fingerprint density at radius 1 is 1.21 bits per heavy atom. The van der Waals surface area contributed by atoms with Gasteiger partial charge in [-0.1, -0.05) is 30.3 Å². The summed E-state index contributed by atoms with van der Waals surface area (Å²) in [5.74, 6) is -1.37. The summed E-state index contributed by atoms with van der Waals surface area (Å²) in [5.41, 5.74) is 0.261. The fraction of sp³-hybridized carbons (Fsp3) is 0.273. The van der Waals surface area contributed by atoms with E-state index in [-0.39, 0.29) is 5.56 Å². The zero-order chi connectivity index (χ0) is 14.5. The molecular weight excluding hydrogens is 265 g/mol. The van der Waals surface area contributed by atoms with E-state index >= 15 is 0 Å². The third kappa shape index (κ3) is 5.28. The average molecular weight is 276 g/mol. The number of carboxylic acids is 1. The van der Waals surface area contributed by atoms with Crippen molar-refractivity contribution in [2.45, 2.75) is 12.2 Å².